The molecule has 1 heterocycles. The molecule has 0 fully saturated rings. The topological polar surface area (TPSA) is 72.3 Å². The quantitative estimate of drug-likeness (QED) is 0.888. The first-order valence-electron chi connectivity index (χ1n) is 6.91. The van der Waals surface area contributed by atoms with Crippen molar-refractivity contribution in [2.45, 2.75) is 32.3 Å². The standard InChI is InChI=1S/C16H17FN2O3/c1-10(2)22-16-18-8-12(9-19-16)14(7-15(20)21)11-3-5-13(17)6-4-11/h3-6,8-10,14H,7H2,1-2H3,(H,20,21)/t14-/m0/s1. The molecule has 6 heteroatoms. The summed E-state index contributed by atoms with van der Waals surface area (Å²) in [6, 6.07) is 6.00. The zero-order valence-electron chi connectivity index (χ0n) is 12.4. The minimum absolute atomic E-state index is 0.0437. The van der Waals surface area contributed by atoms with Crippen molar-refractivity contribution in [3.8, 4) is 6.01 Å². The van der Waals surface area contributed by atoms with E-state index in [0.717, 1.165) is 0 Å². The molecule has 0 amide bonds. The van der Waals surface area contributed by atoms with Crippen molar-refractivity contribution in [3.05, 3.63) is 53.6 Å². The summed E-state index contributed by atoms with van der Waals surface area (Å²) in [7, 11) is 0. The number of aromatic nitrogens is 2. The monoisotopic (exact) mass is 304 g/mol. The van der Waals surface area contributed by atoms with Gasteiger partial charge in [-0.3, -0.25) is 4.79 Å². The smallest absolute Gasteiger partial charge is 0.316 e. The average molecular weight is 304 g/mol. The van der Waals surface area contributed by atoms with Gasteiger partial charge in [0.25, 0.3) is 0 Å². The molecule has 0 aliphatic rings. The summed E-state index contributed by atoms with van der Waals surface area (Å²) in [5.74, 6) is -1.75. The highest BCUT2D eigenvalue weighted by Gasteiger charge is 2.19. The molecule has 2 aromatic rings. The van der Waals surface area contributed by atoms with E-state index in [2.05, 4.69) is 9.97 Å². The Morgan fingerprint density at radius 3 is 2.27 bits per heavy atom. The maximum atomic E-state index is 13.0. The van der Waals surface area contributed by atoms with E-state index in [1.54, 1.807) is 24.5 Å². The van der Waals surface area contributed by atoms with Gasteiger partial charge in [0.1, 0.15) is 5.82 Å². The van der Waals surface area contributed by atoms with Gasteiger partial charge in [-0.25, -0.2) is 14.4 Å². The number of halogens is 1. The summed E-state index contributed by atoms with van der Waals surface area (Å²) in [5.41, 5.74) is 1.34. The van der Waals surface area contributed by atoms with E-state index in [0.29, 0.717) is 11.1 Å². The second-order valence-corrected chi connectivity index (χ2v) is 5.17. The summed E-state index contributed by atoms with van der Waals surface area (Å²) >= 11 is 0. The molecule has 2 rings (SSSR count). The van der Waals surface area contributed by atoms with Gasteiger partial charge in [-0.2, -0.15) is 0 Å². The zero-order chi connectivity index (χ0) is 16.1. The molecular formula is C16H17FN2O3. The van der Waals surface area contributed by atoms with Crippen LogP contribution in [0.25, 0.3) is 0 Å². The molecule has 0 bridgehead atoms. The Morgan fingerprint density at radius 2 is 1.77 bits per heavy atom. The normalized spacial score (nSPS) is 12.2. The fourth-order valence-electron chi connectivity index (χ4n) is 2.08. The van der Waals surface area contributed by atoms with Crippen LogP contribution in [-0.4, -0.2) is 27.1 Å². The molecule has 116 valence electrons. The van der Waals surface area contributed by atoms with Crippen molar-refractivity contribution in [3.63, 3.8) is 0 Å². The van der Waals surface area contributed by atoms with Crippen LogP contribution in [0.1, 0.15) is 37.3 Å². The van der Waals surface area contributed by atoms with Crippen LogP contribution in [0.5, 0.6) is 6.01 Å². The van der Waals surface area contributed by atoms with Crippen LogP contribution in [-0.2, 0) is 4.79 Å². The third kappa shape index (κ3) is 4.25. The SMILES string of the molecule is CC(C)Oc1ncc([C@@H](CC(=O)O)c2ccc(F)cc2)cn1. The number of nitrogens with zero attached hydrogens (tertiary/aromatic N) is 2. The van der Waals surface area contributed by atoms with Gasteiger partial charge in [-0.1, -0.05) is 12.1 Å². The first-order valence-corrected chi connectivity index (χ1v) is 6.91. The van der Waals surface area contributed by atoms with Crippen molar-refractivity contribution in [1.82, 2.24) is 9.97 Å². The number of hydrogen-bond donors (Lipinski definition) is 1. The Balaban J connectivity index is 2.28. The molecule has 0 aliphatic heterocycles. The van der Waals surface area contributed by atoms with E-state index < -0.39 is 11.9 Å². The number of carbonyl (C=O) groups is 1. The Morgan fingerprint density at radius 1 is 1.18 bits per heavy atom. The lowest BCUT2D eigenvalue weighted by molar-refractivity contribution is -0.137. The molecule has 0 spiro atoms. The third-order valence-corrected chi connectivity index (χ3v) is 3.04. The van der Waals surface area contributed by atoms with Gasteiger partial charge < -0.3 is 9.84 Å². The molecule has 0 radical (unpaired) electrons. The van der Waals surface area contributed by atoms with E-state index in [1.807, 2.05) is 13.8 Å². The Bertz CT molecular complexity index is 627. The van der Waals surface area contributed by atoms with Gasteiger partial charge in [0.15, 0.2) is 0 Å². The number of ether oxygens (including phenoxy) is 1. The van der Waals surface area contributed by atoms with Crippen molar-refractivity contribution in [1.29, 1.82) is 0 Å². The van der Waals surface area contributed by atoms with Crippen molar-refractivity contribution >= 4 is 5.97 Å². The number of hydrogen-bond acceptors (Lipinski definition) is 4. The van der Waals surface area contributed by atoms with Crippen LogP contribution in [0.2, 0.25) is 0 Å². The molecule has 1 atom stereocenters. The van der Waals surface area contributed by atoms with Crippen LogP contribution in [0, 0.1) is 5.82 Å². The van der Waals surface area contributed by atoms with E-state index in [-0.39, 0.29) is 24.4 Å². The minimum Gasteiger partial charge on any atom is -0.481 e. The summed E-state index contributed by atoms with van der Waals surface area (Å²) in [6.07, 6.45) is 2.92. The number of carboxylic acids is 1. The second kappa shape index (κ2) is 6.98. The van der Waals surface area contributed by atoms with Gasteiger partial charge in [0, 0.05) is 18.3 Å². The van der Waals surface area contributed by atoms with Crippen LogP contribution < -0.4 is 4.74 Å². The van der Waals surface area contributed by atoms with Crippen LogP contribution in [0.4, 0.5) is 4.39 Å². The van der Waals surface area contributed by atoms with E-state index >= 15 is 0 Å². The highest BCUT2D eigenvalue weighted by atomic mass is 19.1. The predicted octanol–water partition coefficient (Wildman–Crippen LogP) is 3.01. The van der Waals surface area contributed by atoms with Crippen molar-refractivity contribution in [2.75, 3.05) is 0 Å². The van der Waals surface area contributed by atoms with Crippen molar-refractivity contribution in [2.24, 2.45) is 0 Å². The van der Waals surface area contributed by atoms with Gasteiger partial charge in [-0.05, 0) is 37.1 Å². The molecule has 0 unspecified atom stereocenters. The molecule has 0 aliphatic carbocycles. The summed E-state index contributed by atoms with van der Waals surface area (Å²) < 4.78 is 18.4. The molecule has 1 aromatic heterocycles. The molecule has 1 N–H and O–H groups in total. The van der Waals surface area contributed by atoms with Gasteiger partial charge in [0.2, 0.25) is 0 Å². The molecule has 22 heavy (non-hydrogen) atoms. The predicted molar refractivity (Wildman–Crippen MR) is 78.3 cm³/mol. The highest BCUT2D eigenvalue weighted by molar-refractivity contribution is 5.69. The van der Waals surface area contributed by atoms with E-state index in [9.17, 15) is 9.18 Å². The fraction of sp³-hybridized carbons (Fsp3) is 0.312. The lowest BCUT2D eigenvalue weighted by Crippen LogP contribution is -2.11. The Hall–Kier alpha value is -2.50. The third-order valence-electron chi connectivity index (χ3n) is 3.04. The fourth-order valence-corrected chi connectivity index (χ4v) is 2.08. The zero-order valence-corrected chi connectivity index (χ0v) is 12.4. The van der Waals surface area contributed by atoms with E-state index in [1.165, 1.54) is 12.1 Å². The molecule has 0 saturated carbocycles. The number of benzene rings is 1. The van der Waals surface area contributed by atoms with Crippen LogP contribution in [0.3, 0.4) is 0 Å². The lowest BCUT2D eigenvalue weighted by Gasteiger charge is -2.16. The summed E-state index contributed by atoms with van der Waals surface area (Å²) in [5, 5.41) is 9.10. The maximum Gasteiger partial charge on any atom is 0.316 e. The molecule has 0 saturated heterocycles. The molecular weight excluding hydrogens is 287 g/mol. The van der Waals surface area contributed by atoms with Crippen LogP contribution >= 0.6 is 0 Å². The summed E-state index contributed by atoms with van der Waals surface area (Å²) in [4.78, 5) is 19.3. The largest absolute Gasteiger partial charge is 0.481 e. The first kappa shape index (κ1) is 15.9. The highest BCUT2D eigenvalue weighted by Crippen LogP contribution is 2.28. The number of aliphatic carboxylic acids is 1. The first-order chi connectivity index (χ1) is 10.5. The molecule has 5 nitrogen and oxygen atoms in total. The molecule has 1 aromatic carbocycles. The number of rotatable bonds is 6. The number of carboxylic acid groups (broad SMARTS) is 1. The average Bonchev–Trinajstić information content (AvgIpc) is 2.46. The van der Waals surface area contributed by atoms with Gasteiger partial charge >= 0.3 is 12.0 Å². The minimum atomic E-state index is -0.947. The Labute approximate surface area is 127 Å². The summed E-state index contributed by atoms with van der Waals surface area (Å²) in [6.45, 7) is 3.73. The Kier molecular flexibility index (Phi) is 5.04. The van der Waals surface area contributed by atoms with E-state index in [4.69, 9.17) is 9.84 Å². The maximum absolute atomic E-state index is 13.0. The van der Waals surface area contributed by atoms with Crippen molar-refractivity contribution < 1.29 is 19.0 Å². The van der Waals surface area contributed by atoms with Crippen LogP contribution in [0.15, 0.2) is 36.7 Å². The van der Waals surface area contributed by atoms with Gasteiger partial charge in [0.05, 0.1) is 12.5 Å². The second-order valence-electron chi connectivity index (χ2n) is 5.17. The van der Waals surface area contributed by atoms with Gasteiger partial charge in [-0.15, -0.1) is 0 Å². The lowest BCUT2D eigenvalue weighted by atomic mass is 9.90.